The molecule has 27 heavy (non-hydrogen) atoms. The molecule has 0 rings (SSSR count). The van der Waals surface area contributed by atoms with Crippen molar-refractivity contribution in [3.8, 4) is 0 Å². The molecular weight excluding hydrogens is 379 g/mol. The van der Waals surface area contributed by atoms with Gasteiger partial charge in [-0.1, -0.05) is 13.0 Å². The van der Waals surface area contributed by atoms with E-state index in [0.717, 1.165) is 0 Å². The van der Waals surface area contributed by atoms with Crippen molar-refractivity contribution in [1.29, 1.82) is 0 Å². The van der Waals surface area contributed by atoms with Gasteiger partial charge < -0.3 is 14.2 Å². The van der Waals surface area contributed by atoms with Crippen LogP contribution in [0, 0.1) is 0 Å². The largest absolute Gasteiger partial charge is 0.475 e. The Morgan fingerprint density at radius 3 is 2.26 bits per heavy atom. The van der Waals surface area contributed by atoms with Crippen LogP contribution in [0.3, 0.4) is 0 Å². The summed E-state index contributed by atoms with van der Waals surface area (Å²) < 4.78 is 43.5. The minimum atomic E-state index is -3.80. The molecule has 0 heterocycles. The smallest absolute Gasteiger partial charge is 0.463 e. The summed E-state index contributed by atoms with van der Waals surface area (Å²) >= 11 is 0. The molecule has 0 aromatic heterocycles. The van der Waals surface area contributed by atoms with Crippen LogP contribution in [0.15, 0.2) is 12.7 Å². The number of rotatable bonds is 16. The number of carbonyl (C=O) groups is 2. The van der Waals surface area contributed by atoms with Gasteiger partial charge in [0, 0.05) is 20.3 Å². The third-order valence-electron chi connectivity index (χ3n) is 2.89. The summed E-state index contributed by atoms with van der Waals surface area (Å²) in [5.74, 6) is -0.896. The van der Waals surface area contributed by atoms with Crippen molar-refractivity contribution >= 4 is 19.8 Å². The topological polar surface area (TPSA) is 107 Å². The molecule has 0 fully saturated rings. The highest BCUT2D eigenvalue weighted by molar-refractivity contribution is 7.48. The molecule has 0 bridgehead atoms. The first-order valence-electron chi connectivity index (χ1n) is 8.79. The third kappa shape index (κ3) is 14.5. The Morgan fingerprint density at radius 2 is 1.70 bits per heavy atom. The van der Waals surface area contributed by atoms with E-state index in [1.807, 2.05) is 6.92 Å². The van der Waals surface area contributed by atoms with Gasteiger partial charge in [-0.05, 0) is 13.3 Å². The Labute approximate surface area is 160 Å². The first-order valence-corrected chi connectivity index (χ1v) is 10.2. The molecule has 2 unspecified atom stereocenters. The summed E-state index contributed by atoms with van der Waals surface area (Å²) in [5.41, 5.74) is 0. The van der Waals surface area contributed by atoms with Crippen molar-refractivity contribution in [1.82, 2.24) is 0 Å². The second-order valence-corrected chi connectivity index (χ2v) is 7.34. The lowest BCUT2D eigenvalue weighted by Gasteiger charge is -2.21. The van der Waals surface area contributed by atoms with E-state index in [2.05, 4.69) is 6.58 Å². The van der Waals surface area contributed by atoms with Crippen LogP contribution in [0.5, 0.6) is 0 Å². The van der Waals surface area contributed by atoms with Crippen LogP contribution in [-0.4, -0.2) is 57.2 Å². The van der Waals surface area contributed by atoms with Gasteiger partial charge in [0.2, 0.25) is 0 Å². The van der Waals surface area contributed by atoms with Gasteiger partial charge in [0.15, 0.2) is 0 Å². The molecule has 0 aliphatic heterocycles. The second kappa shape index (κ2) is 14.8. The van der Waals surface area contributed by atoms with E-state index in [1.165, 1.54) is 19.9 Å². The summed E-state index contributed by atoms with van der Waals surface area (Å²) in [6.07, 6.45) is 1.44. The van der Waals surface area contributed by atoms with Crippen molar-refractivity contribution in [3.63, 3.8) is 0 Å². The lowest BCUT2D eigenvalue weighted by molar-refractivity contribution is -0.153. The maximum Gasteiger partial charge on any atom is 0.475 e. The van der Waals surface area contributed by atoms with E-state index in [-0.39, 0.29) is 45.1 Å². The third-order valence-corrected chi connectivity index (χ3v) is 4.32. The standard InChI is InChI=1S/C17H31O9P/c1-6-9-22-27(20,23-10-7-2)24-13-17(26-16(5)19)12-21-11-8-14(3)25-15(4)18/h6,14,17H,1,7-13H2,2-5H3/t14-,17?,27?/m1/s1. The lowest BCUT2D eigenvalue weighted by atomic mass is 10.3. The number of hydrogen-bond acceptors (Lipinski definition) is 9. The van der Waals surface area contributed by atoms with Gasteiger partial charge in [0.05, 0.1) is 33.0 Å². The number of esters is 2. The van der Waals surface area contributed by atoms with Crippen LogP contribution < -0.4 is 0 Å². The lowest BCUT2D eigenvalue weighted by Crippen LogP contribution is -2.28. The summed E-state index contributed by atoms with van der Waals surface area (Å²) in [6, 6.07) is 0. The molecular formula is C17H31O9P. The molecule has 0 aliphatic rings. The van der Waals surface area contributed by atoms with Crippen LogP contribution in [0.4, 0.5) is 0 Å². The average molecular weight is 410 g/mol. The minimum Gasteiger partial charge on any atom is -0.463 e. The predicted octanol–water partition coefficient (Wildman–Crippen LogP) is 3.03. The van der Waals surface area contributed by atoms with E-state index >= 15 is 0 Å². The summed E-state index contributed by atoms with van der Waals surface area (Å²) in [4.78, 5) is 22.1. The Kier molecular flexibility index (Phi) is 14.1. The fraction of sp³-hybridized carbons (Fsp3) is 0.765. The van der Waals surface area contributed by atoms with Crippen LogP contribution in [0.1, 0.15) is 40.5 Å². The molecule has 0 spiro atoms. The number of carbonyl (C=O) groups excluding carboxylic acids is 2. The average Bonchev–Trinajstić information content (AvgIpc) is 2.58. The number of ether oxygens (including phenoxy) is 3. The zero-order valence-corrected chi connectivity index (χ0v) is 17.4. The molecule has 158 valence electrons. The molecule has 0 aromatic rings. The number of hydrogen-bond donors (Lipinski definition) is 0. The molecule has 0 saturated carbocycles. The Morgan fingerprint density at radius 1 is 1.04 bits per heavy atom. The van der Waals surface area contributed by atoms with Gasteiger partial charge >= 0.3 is 19.8 Å². The molecule has 3 atom stereocenters. The Balaban J connectivity index is 4.52. The normalized spacial score (nSPS) is 15.4. The molecule has 0 aliphatic carbocycles. The van der Waals surface area contributed by atoms with Gasteiger partial charge in [-0.3, -0.25) is 23.2 Å². The molecule has 0 N–H and O–H groups in total. The van der Waals surface area contributed by atoms with Crippen molar-refractivity contribution < 1.29 is 41.9 Å². The zero-order valence-electron chi connectivity index (χ0n) is 16.5. The van der Waals surface area contributed by atoms with Gasteiger partial charge in [-0.15, -0.1) is 6.58 Å². The van der Waals surface area contributed by atoms with Gasteiger partial charge in [-0.25, -0.2) is 4.57 Å². The fourth-order valence-corrected chi connectivity index (χ4v) is 3.06. The fourth-order valence-electron chi connectivity index (χ4n) is 1.79. The van der Waals surface area contributed by atoms with E-state index in [0.29, 0.717) is 12.8 Å². The van der Waals surface area contributed by atoms with E-state index in [9.17, 15) is 14.2 Å². The molecule has 10 heteroatoms. The molecule has 0 saturated heterocycles. The second-order valence-electron chi connectivity index (χ2n) is 5.68. The zero-order chi connectivity index (χ0) is 20.7. The van der Waals surface area contributed by atoms with E-state index < -0.39 is 19.9 Å². The molecule has 9 nitrogen and oxygen atoms in total. The van der Waals surface area contributed by atoms with Crippen LogP contribution in [0.25, 0.3) is 0 Å². The van der Waals surface area contributed by atoms with Crippen LogP contribution >= 0.6 is 7.82 Å². The van der Waals surface area contributed by atoms with Crippen molar-refractivity contribution in [2.24, 2.45) is 0 Å². The van der Waals surface area contributed by atoms with Crippen LogP contribution in [-0.2, 0) is 41.9 Å². The predicted molar refractivity (Wildman–Crippen MR) is 98.2 cm³/mol. The van der Waals surface area contributed by atoms with Crippen molar-refractivity contribution in [3.05, 3.63) is 12.7 Å². The molecule has 0 amide bonds. The summed E-state index contributed by atoms with van der Waals surface area (Å²) in [7, 11) is -3.80. The maximum absolute atomic E-state index is 12.5. The summed E-state index contributed by atoms with van der Waals surface area (Å²) in [5, 5.41) is 0. The minimum absolute atomic E-state index is 0.0102. The first kappa shape index (κ1) is 25.8. The maximum atomic E-state index is 12.5. The quantitative estimate of drug-likeness (QED) is 0.164. The Bertz CT molecular complexity index is 495. The molecule has 0 aromatic carbocycles. The number of phosphoric ester groups is 1. The van der Waals surface area contributed by atoms with Crippen LogP contribution in [0.2, 0.25) is 0 Å². The highest BCUT2D eigenvalue weighted by atomic mass is 31.2. The number of phosphoric acid groups is 1. The Hall–Kier alpha value is -1.25. The van der Waals surface area contributed by atoms with E-state index in [4.69, 9.17) is 27.8 Å². The van der Waals surface area contributed by atoms with E-state index in [1.54, 1.807) is 6.92 Å². The first-order chi connectivity index (χ1) is 12.7. The van der Waals surface area contributed by atoms with Crippen molar-refractivity contribution in [2.75, 3.05) is 33.0 Å². The monoisotopic (exact) mass is 410 g/mol. The summed E-state index contributed by atoms with van der Waals surface area (Å²) in [6.45, 7) is 9.91. The van der Waals surface area contributed by atoms with Crippen molar-refractivity contribution in [2.45, 2.75) is 52.7 Å². The van der Waals surface area contributed by atoms with Gasteiger partial charge in [0.25, 0.3) is 0 Å². The highest BCUT2D eigenvalue weighted by Crippen LogP contribution is 2.49. The van der Waals surface area contributed by atoms with Gasteiger partial charge in [-0.2, -0.15) is 0 Å². The highest BCUT2D eigenvalue weighted by Gasteiger charge is 2.28. The molecule has 0 radical (unpaired) electrons. The SMILES string of the molecule is C=CCOP(=O)(OCCC)OCC(COCC[C@@H](C)OC(C)=O)OC(C)=O. The van der Waals surface area contributed by atoms with Gasteiger partial charge in [0.1, 0.15) is 12.2 Å².